The third-order valence-corrected chi connectivity index (χ3v) is 4.97. The molecule has 0 aliphatic carbocycles. The summed E-state index contributed by atoms with van der Waals surface area (Å²) in [5.41, 5.74) is 1.19. The third-order valence-electron chi connectivity index (χ3n) is 4.12. The van der Waals surface area contributed by atoms with E-state index in [-0.39, 0.29) is 16.0 Å². The number of rotatable bonds is 9. The maximum Gasteiger partial charge on any atom is 0.342 e. The first kappa shape index (κ1) is 22.0. The number of aromatic nitrogens is 2. The first-order valence-corrected chi connectivity index (χ1v) is 9.70. The van der Waals surface area contributed by atoms with Crippen molar-refractivity contribution in [3.05, 3.63) is 46.9 Å². The molecule has 0 bridgehead atoms. The molecule has 0 fully saturated rings. The van der Waals surface area contributed by atoms with E-state index < -0.39 is 5.97 Å². The van der Waals surface area contributed by atoms with E-state index in [1.165, 1.54) is 34.5 Å². The quantitative estimate of drug-likeness (QED) is 0.384. The molecule has 3 aromatic rings. The summed E-state index contributed by atoms with van der Waals surface area (Å²) in [5.74, 6) is 1.21. The second kappa shape index (κ2) is 9.90. The van der Waals surface area contributed by atoms with Gasteiger partial charge in [-0.15, -0.1) is 10.2 Å². The molecule has 2 aromatic carbocycles. The Morgan fingerprint density at radius 3 is 2.19 bits per heavy atom. The number of carboxylic acid groups (broad SMARTS) is 1. The standard InChI is InChI=1S/C21H20N2O7S/c1-26-14-9-13(10-15(11-14)27-2)19-22-23-21(30-19)31-18(20(24)25)8-12-5-6-16(28-3)17(7-12)29-4/h5-11H,1-4H3,(H,24,25)/b18-8-. The molecule has 31 heavy (non-hydrogen) atoms. The van der Waals surface area contributed by atoms with Gasteiger partial charge in [0.05, 0.1) is 28.4 Å². The summed E-state index contributed by atoms with van der Waals surface area (Å²) < 4.78 is 26.6. The van der Waals surface area contributed by atoms with Crippen molar-refractivity contribution in [2.45, 2.75) is 5.22 Å². The second-order valence-corrected chi connectivity index (χ2v) is 7.00. The van der Waals surface area contributed by atoms with Gasteiger partial charge in [-0.1, -0.05) is 6.07 Å². The van der Waals surface area contributed by atoms with Crippen molar-refractivity contribution in [2.24, 2.45) is 0 Å². The van der Waals surface area contributed by atoms with E-state index in [0.29, 0.717) is 34.1 Å². The number of carbonyl (C=O) groups is 1. The zero-order valence-electron chi connectivity index (χ0n) is 17.2. The molecular weight excluding hydrogens is 424 g/mol. The lowest BCUT2D eigenvalue weighted by molar-refractivity contribution is -0.131. The van der Waals surface area contributed by atoms with Gasteiger partial charge in [-0.25, -0.2) is 4.79 Å². The van der Waals surface area contributed by atoms with Crippen LogP contribution in [0.2, 0.25) is 0 Å². The van der Waals surface area contributed by atoms with Crippen LogP contribution in [0.5, 0.6) is 23.0 Å². The monoisotopic (exact) mass is 444 g/mol. The number of thioether (sulfide) groups is 1. The summed E-state index contributed by atoms with van der Waals surface area (Å²) in [5, 5.41) is 17.6. The molecule has 0 saturated heterocycles. The maximum atomic E-state index is 11.8. The molecule has 0 radical (unpaired) electrons. The van der Waals surface area contributed by atoms with Gasteiger partial charge in [0.25, 0.3) is 5.22 Å². The second-order valence-electron chi connectivity index (χ2n) is 6.00. The smallest absolute Gasteiger partial charge is 0.342 e. The summed E-state index contributed by atoms with van der Waals surface area (Å²) in [6.45, 7) is 0. The minimum absolute atomic E-state index is 0.00866. The van der Waals surface area contributed by atoms with Crippen LogP contribution in [0.3, 0.4) is 0 Å². The fourth-order valence-electron chi connectivity index (χ4n) is 2.62. The van der Waals surface area contributed by atoms with Crippen molar-refractivity contribution in [2.75, 3.05) is 28.4 Å². The highest BCUT2D eigenvalue weighted by Crippen LogP contribution is 2.34. The first-order chi connectivity index (χ1) is 15.0. The molecule has 3 rings (SSSR count). The Morgan fingerprint density at radius 2 is 1.61 bits per heavy atom. The Labute approximate surface area is 182 Å². The van der Waals surface area contributed by atoms with Crippen LogP contribution in [0.25, 0.3) is 17.5 Å². The molecule has 0 spiro atoms. The number of methoxy groups -OCH3 is 4. The number of ether oxygens (including phenoxy) is 4. The SMILES string of the molecule is COc1cc(OC)cc(-c2nnc(S/C(=C\c3ccc(OC)c(OC)c3)C(=O)O)o2)c1. The molecule has 0 aliphatic heterocycles. The van der Waals surface area contributed by atoms with Crippen molar-refractivity contribution in [1.29, 1.82) is 0 Å². The van der Waals surface area contributed by atoms with Gasteiger partial charge in [0.15, 0.2) is 11.5 Å². The maximum absolute atomic E-state index is 11.8. The van der Waals surface area contributed by atoms with E-state index in [1.807, 2.05) is 0 Å². The fraction of sp³-hybridized carbons (Fsp3) is 0.190. The lowest BCUT2D eigenvalue weighted by Gasteiger charge is -2.08. The van der Waals surface area contributed by atoms with Gasteiger partial charge in [0.2, 0.25) is 5.89 Å². The van der Waals surface area contributed by atoms with Crippen LogP contribution in [0.1, 0.15) is 5.56 Å². The van der Waals surface area contributed by atoms with E-state index in [4.69, 9.17) is 23.4 Å². The first-order valence-electron chi connectivity index (χ1n) is 8.89. The predicted octanol–water partition coefficient (Wildman–Crippen LogP) is 3.99. The van der Waals surface area contributed by atoms with Crippen molar-refractivity contribution >= 4 is 23.8 Å². The Balaban J connectivity index is 1.88. The topological polar surface area (TPSA) is 113 Å². The largest absolute Gasteiger partial charge is 0.497 e. The average Bonchev–Trinajstić information content (AvgIpc) is 3.26. The van der Waals surface area contributed by atoms with Crippen molar-refractivity contribution in [1.82, 2.24) is 10.2 Å². The molecule has 0 unspecified atom stereocenters. The van der Waals surface area contributed by atoms with Crippen LogP contribution in [-0.2, 0) is 4.79 Å². The molecule has 162 valence electrons. The van der Waals surface area contributed by atoms with Gasteiger partial charge in [-0.2, -0.15) is 0 Å². The average molecular weight is 444 g/mol. The molecule has 9 nitrogen and oxygen atoms in total. The van der Waals surface area contributed by atoms with E-state index in [0.717, 1.165) is 11.8 Å². The molecule has 1 aromatic heterocycles. The van der Waals surface area contributed by atoms with E-state index >= 15 is 0 Å². The van der Waals surface area contributed by atoms with Gasteiger partial charge < -0.3 is 28.5 Å². The number of benzene rings is 2. The number of nitrogens with zero attached hydrogens (tertiary/aromatic N) is 2. The third kappa shape index (κ3) is 5.28. The summed E-state index contributed by atoms with van der Waals surface area (Å²) in [6, 6.07) is 10.2. The number of hydrogen-bond donors (Lipinski definition) is 1. The predicted molar refractivity (Wildman–Crippen MR) is 114 cm³/mol. The highest BCUT2D eigenvalue weighted by molar-refractivity contribution is 8.03. The summed E-state index contributed by atoms with van der Waals surface area (Å²) in [6.07, 6.45) is 1.48. The van der Waals surface area contributed by atoms with Gasteiger partial charge in [-0.05, 0) is 47.7 Å². The molecular formula is C21H20N2O7S. The molecule has 0 atom stereocenters. The van der Waals surface area contributed by atoms with Crippen LogP contribution < -0.4 is 18.9 Å². The summed E-state index contributed by atoms with van der Waals surface area (Å²) in [7, 11) is 6.10. The van der Waals surface area contributed by atoms with Crippen LogP contribution in [0.4, 0.5) is 0 Å². The number of carboxylic acids is 1. The number of aliphatic carboxylic acids is 1. The van der Waals surface area contributed by atoms with Crippen molar-refractivity contribution < 1.29 is 33.3 Å². The normalized spacial score (nSPS) is 11.2. The zero-order chi connectivity index (χ0) is 22.4. The Bertz CT molecular complexity index is 1090. The molecule has 0 amide bonds. The summed E-state index contributed by atoms with van der Waals surface area (Å²) in [4.78, 5) is 11.8. The minimum Gasteiger partial charge on any atom is -0.497 e. The van der Waals surface area contributed by atoms with Crippen LogP contribution in [0, 0.1) is 0 Å². The Kier molecular flexibility index (Phi) is 7.03. The molecule has 1 heterocycles. The minimum atomic E-state index is -1.14. The summed E-state index contributed by atoms with van der Waals surface area (Å²) >= 11 is 0.837. The van der Waals surface area contributed by atoms with E-state index in [2.05, 4.69) is 10.2 Å². The molecule has 1 N–H and O–H groups in total. The highest BCUT2D eigenvalue weighted by Gasteiger charge is 2.17. The van der Waals surface area contributed by atoms with Crippen LogP contribution >= 0.6 is 11.8 Å². The Morgan fingerprint density at radius 1 is 0.935 bits per heavy atom. The molecule has 0 aliphatic rings. The van der Waals surface area contributed by atoms with Gasteiger partial charge in [0.1, 0.15) is 16.4 Å². The lowest BCUT2D eigenvalue weighted by Crippen LogP contribution is -1.97. The van der Waals surface area contributed by atoms with Gasteiger partial charge in [-0.3, -0.25) is 0 Å². The van der Waals surface area contributed by atoms with Crippen molar-refractivity contribution in [3.8, 4) is 34.5 Å². The van der Waals surface area contributed by atoms with E-state index in [1.54, 1.807) is 36.4 Å². The van der Waals surface area contributed by atoms with Crippen molar-refractivity contribution in [3.63, 3.8) is 0 Å². The fourth-order valence-corrected chi connectivity index (χ4v) is 3.29. The van der Waals surface area contributed by atoms with Gasteiger partial charge >= 0.3 is 5.97 Å². The zero-order valence-corrected chi connectivity index (χ0v) is 18.1. The molecule has 10 heteroatoms. The number of hydrogen-bond acceptors (Lipinski definition) is 9. The van der Waals surface area contributed by atoms with Crippen LogP contribution in [-0.4, -0.2) is 49.7 Å². The highest BCUT2D eigenvalue weighted by atomic mass is 32.2. The van der Waals surface area contributed by atoms with E-state index in [9.17, 15) is 9.90 Å². The Hall–Kier alpha value is -3.66. The van der Waals surface area contributed by atoms with Gasteiger partial charge in [0, 0.05) is 11.6 Å². The molecule has 0 saturated carbocycles. The lowest BCUT2D eigenvalue weighted by atomic mass is 10.2. The van der Waals surface area contributed by atoms with Crippen LogP contribution in [0.15, 0.2) is 50.9 Å².